The third-order valence-electron chi connectivity index (χ3n) is 4.54. The zero-order valence-electron chi connectivity index (χ0n) is 15.2. The second-order valence-corrected chi connectivity index (χ2v) is 8.06. The Morgan fingerprint density at radius 3 is 2.71 bits per heavy atom. The number of pyridine rings is 1. The van der Waals surface area contributed by atoms with Crippen molar-refractivity contribution in [1.82, 2.24) is 14.3 Å². The van der Waals surface area contributed by atoms with E-state index in [1.54, 1.807) is 24.5 Å². The Bertz CT molecular complexity index is 1030. The number of hydrogen-bond acceptors (Lipinski definition) is 6. The summed E-state index contributed by atoms with van der Waals surface area (Å²) < 4.78 is 27.2. The lowest BCUT2D eigenvalue weighted by molar-refractivity contribution is -0.122. The van der Waals surface area contributed by atoms with Crippen molar-refractivity contribution in [3.63, 3.8) is 0 Å². The molecule has 0 spiro atoms. The van der Waals surface area contributed by atoms with Crippen molar-refractivity contribution < 1.29 is 18.3 Å². The molecule has 0 atom stereocenters. The van der Waals surface area contributed by atoms with E-state index in [4.69, 9.17) is 9.90 Å². The molecule has 1 aliphatic rings. The summed E-state index contributed by atoms with van der Waals surface area (Å²) in [7, 11) is -3.65. The van der Waals surface area contributed by atoms with Crippen molar-refractivity contribution >= 4 is 33.1 Å². The number of benzene rings is 1. The van der Waals surface area contributed by atoms with Crippen LogP contribution in [0.15, 0.2) is 59.9 Å². The molecule has 2 N–H and O–H groups in total. The largest absolute Gasteiger partial charge is 0.483 e. The summed E-state index contributed by atoms with van der Waals surface area (Å²) in [5, 5.41) is 11.2. The van der Waals surface area contributed by atoms with Gasteiger partial charge in [0, 0.05) is 49.3 Å². The highest BCUT2D eigenvalue weighted by Crippen LogP contribution is 2.26. The third-order valence-corrected chi connectivity index (χ3v) is 6.21. The lowest BCUT2D eigenvalue weighted by Gasteiger charge is -2.22. The Morgan fingerprint density at radius 2 is 1.96 bits per heavy atom. The van der Waals surface area contributed by atoms with Crippen LogP contribution in [0.2, 0.25) is 0 Å². The van der Waals surface area contributed by atoms with Gasteiger partial charge in [-0.05, 0) is 43.3 Å². The molecule has 0 aliphatic carbocycles. The van der Waals surface area contributed by atoms with Gasteiger partial charge >= 0.3 is 0 Å². The molecular weight excluding hydrogens is 380 g/mol. The van der Waals surface area contributed by atoms with Crippen LogP contribution in [-0.4, -0.2) is 55.1 Å². The molecule has 0 bridgehead atoms. The van der Waals surface area contributed by atoms with Gasteiger partial charge in [-0.15, -0.1) is 0 Å². The van der Waals surface area contributed by atoms with Crippen molar-refractivity contribution in [2.75, 3.05) is 31.1 Å². The van der Waals surface area contributed by atoms with Crippen molar-refractivity contribution in [3.05, 3.63) is 55.0 Å². The van der Waals surface area contributed by atoms with Crippen LogP contribution >= 0.6 is 0 Å². The van der Waals surface area contributed by atoms with E-state index in [0.717, 1.165) is 43.7 Å². The average Bonchev–Trinajstić information content (AvgIpc) is 2.95. The number of nitrogens with one attached hydrogen (secondary N) is 1. The van der Waals surface area contributed by atoms with Gasteiger partial charge < -0.3 is 15.3 Å². The normalized spacial score (nSPS) is 14.8. The SMILES string of the molecule is O=CO.O=S(=O)(c1cccnc1)n1ccc2ccc(N3CCCNCC3)cc21. The molecule has 0 amide bonds. The molecule has 1 aromatic carbocycles. The van der Waals surface area contributed by atoms with Gasteiger partial charge in [0.25, 0.3) is 16.5 Å². The quantitative estimate of drug-likeness (QED) is 0.644. The summed E-state index contributed by atoms with van der Waals surface area (Å²) in [6.45, 7) is 3.59. The Labute approximate surface area is 163 Å². The van der Waals surface area contributed by atoms with Crippen molar-refractivity contribution in [2.45, 2.75) is 11.3 Å². The average molecular weight is 402 g/mol. The van der Waals surface area contributed by atoms with Gasteiger partial charge in [0.05, 0.1) is 5.52 Å². The molecule has 4 rings (SSSR count). The molecule has 1 saturated heterocycles. The first-order valence-corrected chi connectivity index (χ1v) is 10.3. The summed E-state index contributed by atoms with van der Waals surface area (Å²) in [6, 6.07) is 11.0. The minimum Gasteiger partial charge on any atom is -0.483 e. The molecule has 0 unspecified atom stereocenters. The van der Waals surface area contributed by atoms with Gasteiger partial charge in [-0.25, -0.2) is 12.4 Å². The molecule has 8 nitrogen and oxygen atoms in total. The first-order chi connectivity index (χ1) is 13.6. The van der Waals surface area contributed by atoms with Gasteiger partial charge in [0.1, 0.15) is 4.90 Å². The smallest absolute Gasteiger partial charge is 0.290 e. The molecule has 148 valence electrons. The first-order valence-electron chi connectivity index (χ1n) is 8.88. The van der Waals surface area contributed by atoms with Crippen LogP contribution in [0.1, 0.15) is 6.42 Å². The van der Waals surface area contributed by atoms with Crippen molar-refractivity contribution in [3.8, 4) is 0 Å². The molecular formula is C19H22N4O4S. The molecule has 28 heavy (non-hydrogen) atoms. The van der Waals surface area contributed by atoms with Gasteiger partial charge in [-0.2, -0.15) is 0 Å². The van der Waals surface area contributed by atoms with Gasteiger partial charge in [-0.3, -0.25) is 9.78 Å². The molecule has 9 heteroatoms. The van der Waals surface area contributed by atoms with Gasteiger partial charge in [-0.1, -0.05) is 6.07 Å². The number of rotatable bonds is 3. The van der Waals surface area contributed by atoms with E-state index in [2.05, 4.69) is 21.3 Å². The molecule has 1 fully saturated rings. The summed E-state index contributed by atoms with van der Waals surface area (Å²) in [5.41, 5.74) is 1.75. The van der Waals surface area contributed by atoms with Crippen LogP contribution in [0, 0.1) is 0 Å². The highest BCUT2D eigenvalue weighted by atomic mass is 32.2. The molecule has 1 aliphatic heterocycles. The second kappa shape index (κ2) is 8.85. The molecule has 2 aromatic heterocycles. The van der Waals surface area contributed by atoms with E-state index in [-0.39, 0.29) is 11.4 Å². The molecule has 0 radical (unpaired) electrons. The molecule has 0 saturated carbocycles. The van der Waals surface area contributed by atoms with Crippen LogP contribution in [0.4, 0.5) is 5.69 Å². The molecule has 3 aromatic rings. The second-order valence-electron chi connectivity index (χ2n) is 6.24. The van der Waals surface area contributed by atoms with E-state index in [9.17, 15) is 8.42 Å². The summed E-state index contributed by atoms with van der Waals surface area (Å²) in [6.07, 6.45) is 5.64. The lowest BCUT2D eigenvalue weighted by atomic mass is 10.2. The van der Waals surface area contributed by atoms with E-state index in [1.807, 2.05) is 18.2 Å². The number of nitrogens with zero attached hydrogens (tertiary/aromatic N) is 3. The van der Waals surface area contributed by atoms with E-state index in [1.165, 1.54) is 10.2 Å². The monoisotopic (exact) mass is 402 g/mol. The standard InChI is InChI=1S/C18H20N4O2S.CH2O2/c23-25(24,17-3-1-7-20-14-17)22-11-6-15-4-5-16(13-18(15)22)21-10-2-8-19-9-12-21;2-1-3/h1,3-7,11,13-14,19H,2,8-10,12H2;1H,(H,2,3). The van der Waals surface area contributed by atoms with E-state index >= 15 is 0 Å². The van der Waals surface area contributed by atoms with Crippen LogP contribution in [0.3, 0.4) is 0 Å². The van der Waals surface area contributed by atoms with E-state index < -0.39 is 10.0 Å². The van der Waals surface area contributed by atoms with Crippen LogP contribution in [-0.2, 0) is 14.8 Å². The topological polar surface area (TPSA) is 105 Å². The maximum Gasteiger partial charge on any atom is 0.290 e. The summed E-state index contributed by atoms with van der Waals surface area (Å²) in [4.78, 5) is 14.8. The van der Waals surface area contributed by atoms with Crippen LogP contribution < -0.4 is 10.2 Å². The third kappa shape index (κ3) is 4.15. The van der Waals surface area contributed by atoms with E-state index in [0.29, 0.717) is 5.52 Å². The Balaban J connectivity index is 0.000000706. The number of hydrogen-bond donors (Lipinski definition) is 2. The fourth-order valence-electron chi connectivity index (χ4n) is 3.22. The first kappa shape index (κ1) is 19.8. The van der Waals surface area contributed by atoms with Crippen molar-refractivity contribution in [2.24, 2.45) is 0 Å². The number of carboxylic acid groups (broad SMARTS) is 1. The Morgan fingerprint density at radius 1 is 1.14 bits per heavy atom. The summed E-state index contributed by atoms with van der Waals surface area (Å²) in [5.74, 6) is 0. The van der Waals surface area contributed by atoms with Crippen LogP contribution in [0.5, 0.6) is 0 Å². The Hall–Kier alpha value is -2.91. The zero-order chi connectivity index (χ0) is 20.0. The predicted molar refractivity (Wildman–Crippen MR) is 107 cm³/mol. The minimum atomic E-state index is -3.65. The maximum atomic E-state index is 13.0. The number of carbonyl (C=O) groups is 1. The zero-order valence-corrected chi connectivity index (χ0v) is 16.0. The van der Waals surface area contributed by atoms with Crippen LogP contribution in [0.25, 0.3) is 10.9 Å². The van der Waals surface area contributed by atoms with Gasteiger partial charge in [0.15, 0.2) is 0 Å². The fraction of sp³-hybridized carbons (Fsp3) is 0.263. The maximum absolute atomic E-state index is 13.0. The predicted octanol–water partition coefficient (Wildman–Crippen LogP) is 1.77. The highest BCUT2D eigenvalue weighted by Gasteiger charge is 2.20. The fourth-order valence-corrected chi connectivity index (χ4v) is 4.53. The molecule has 3 heterocycles. The number of fused-ring (bicyclic) bond motifs is 1. The van der Waals surface area contributed by atoms with Gasteiger partial charge in [0.2, 0.25) is 0 Å². The minimum absolute atomic E-state index is 0.192. The summed E-state index contributed by atoms with van der Waals surface area (Å²) >= 11 is 0. The lowest BCUT2D eigenvalue weighted by Crippen LogP contribution is -2.27. The van der Waals surface area contributed by atoms with Crippen molar-refractivity contribution in [1.29, 1.82) is 0 Å². The number of aromatic nitrogens is 2. The highest BCUT2D eigenvalue weighted by molar-refractivity contribution is 7.90. The Kier molecular flexibility index (Phi) is 6.27. The number of anilines is 1.